The molecule has 72 valence electrons. The highest BCUT2D eigenvalue weighted by Gasteiger charge is 2.27. The summed E-state index contributed by atoms with van der Waals surface area (Å²) in [7, 11) is 0. The second kappa shape index (κ2) is 2.64. The van der Waals surface area contributed by atoms with E-state index in [-0.39, 0.29) is 6.79 Å². The van der Waals surface area contributed by atoms with Gasteiger partial charge in [0.2, 0.25) is 6.79 Å². The van der Waals surface area contributed by atoms with Gasteiger partial charge < -0.3 is 14.2 Å². The van der Waals surface area contributed by atoms with Gasteiger partial charge in [-0.05, 0) is 6.07 Å². The summed E-state index contributed by atoms with van der Waals surface area (Å²) in [5.41, 5.74) is 1.50. The molecule has 0 aromatic heterocycles. The van der Waals surface area contributed by atoms with Crippen LogP contribution in [0.1, 0.15) is 15.9 Å². The summed E-state index contributed by atoms with van der Waals surface area (Å²) in [6.07, 6.45) is 1.59. The molecular weight excluding hydrogens is 184 g/mol. The highest BCUT2D eigenvalue weighted by molar-refractivity contribution is 5.87. The van der Waals surface area contributed by atoms with Crippen molar-refractivity contribution < 1.29 is 19.0 Å². The summed E-state index contributed by atoms with van der Waals surface area (Å²) >= 11 is 0. The Morgan fingerprint density at radius 2 is 2.14 bits per heavy atom. The van der Waals surface area contributed by atoms with Gasteiger partial charge in [0.1, 0.15) is 11.3 Å². The molecule has 2 aliphatic rings. The van der Waals surface area contributed by atoms with E-state index in [2.05, 4.69) is 0 Å². The van der Waals surface area contributed by atoms with Crippen LogP contribution in [0.25, 0.3) is 0 Å². The van der Waals surface area contributed by atoms with Gasteiger partial charge in [0, 0.05) is 12.0 Å². The zero-order valence-electron chi connectivity index (χ0n) is 7.41. The molecule has 0 atom stereocenters. The lowest BCUT2D eigenvalue weighted by Gasteiger charge is -2.05. The second-order valence-corrected chi connectivity index (χ2v) is 3.23. The van der Waals surface area contributed by atoms with E-state index in [1.54, 1.807) is 0 Å². The topological polar surface area (TPSA) is 44.8 Å². The second-order valence-electron chi connectivity index (χ2n) is 3.23. The first-order valence-electron chi connectivity index (χ1n) is 4.43. The van der Waals surface area contributed by atoms with Crippen molar-refractivity contribution >= 4 is 6.29 Å². The Morgan fingerprint density at radius 3 is 3.00 bits per heavy atom. The van der Waals surface area contributed by atoms with Crippen LogP contribution in [-0.2, 0) is 6.42 Å². The molecule has 0 spiro atoms. The number of aldehydes is 1. The summed E-state index contributed by atoms with van der Waals surface area (Å²) in [6.45, 7) is 0.804. The van der Waals surface area contributed by atoms with Gasteiger partial charge in [0.25, 0.3) is 0 Å². The summed E-state index contributed by atoms with van der Waals surface area (Å²) in [4.78, 5) is 10.9. The smallest absolute Gasteiger partial charge is 0.231 e. The molecule has 0 fully saturated rings. The highest BCUT2D eigenvalue weighted by Crippen LogP contribution is 2.44. The van der Waals surface area contributed by atoms with Crippen LogP contribution >= 0.6 is 0 Å². The van der Waals surface area contributed by atoms with Crippen molar-refractivity contribution in [3.63, 3.8) is 0 Å². The zero-order valence-corrected chi connectivity index (χ0v) is 7.41. The summed E-state index contributed by atoms with van der Waals surface area (Å²) in [6, 6.07) is 1.89. The Kier molecular flexibility index (Phi) is 1.45. The summed E-state index contributed by atoms with van der Waals surface area (Å²) in [5, 5.41) is 0. The standard InChI is InChI=1S/C10H8O4/c11-4-7-9-6(1-2-12-9)3-8-10(7)14-5-13-8/h3-4H,1-2,5H2. The van der Waals surface area contributed by atoms with E-state index in [9.17, 15) is 4.79 Å². The Morgan fingerprint density at radius 1 is 1.21 bits per heavy atom. The van der Waals surface area contributed by atoms with E-state index < -0.39 is 0 Å². The minimum absolute atomic E-state index is 0.180. The summed E-state index contributed by atoms with van der Waals surface area (Å²) in [5.74, 6) is 1.82. The molecular formula is C10H8O4. The van der Waals surface area contributed by atoms with Gasteiger partial charge in [0.15, 0.2) is 17.8 Å². The fourth-order valence-corrected chi connectivity index (χ4v) is 1.83. The van der Waals surface area contributed by atoms with Crippen molar-refractivity contribution in [2.75, 3.05) is 13.4 Å². The number of carbonyl (C=O) groups is 1. The normalized spacial score (nSPS) is 16.3. The lowest BCUT2D eigenvalue weighted by Crippen LogP contribution is -1.95. The van der Waals surface area contributed by atoms with E-state index in [4.69, 9.17) is 14.2 Å². The van der Waals surface area contributed by atoms with Crippen molar-refractivity contribution in [2.45, 2.75) is 6.42 Å². The Hall–Kier alpha value is -1.71. The molecule has 0 bridgehead atoms. The van der Waals surface area contributed by atoms with Gasteiger partial charge >= 0.3 is 0 Å². The van der Waals surface area contributed by atoms with Crippen molar-refractivity contribution in [2.24, 2.45) is 0 Å². The average Bonchev–Trinajstić information content (AvgIpc) is 2.80. The van der Waals surface area contributed by atoms with Gasteiger partial charge in [-0.15, -0.1) is 0 Å². The zero-order chi connectivity index (χ0) is 9.54. The Bertz CT molecular complexity index is 379. The van der Waals surface area contributed by atoms with Crippen LogP contribution in [0.2, 0.25) is 0 Å². The SMILES string of the molecule is O=Cc1c2c(cc3c1OCO3)CCO2. The van der Waals surface area contributed by atoms with Crippen LogP contribution < -0.4 is 14.2 Å². The molecule has 4 nitrogen and oxygen atoms in total. The molecule has 0 aliphatic carbocycles. The molecule has 0 saturated heterocycles. The monoisotopic (exact) mass is 192 g/mol. The number of hydrogen-bond acceptors (Lipinski definition) is 4. The lowest BCUT2D eigenvalue weighted by atomic mass is 10.1. The fraction of sp³-hybridized carbons (Fsp3) is 0.300. The van der Waals surface area contributed by atoms with Crippen LogP contribution in [0.15, 0.2) is 6.07 Å². The maximum absolute atomic E-state index is 10.9. The van der Waals surface area contributed by atoms with E-state index >= 15 is 0 Å². The molecule has 1 aromatic carbocycles. The minimum Gasteiger partial charge on any atom is -0.492 e. The van der Waals surface area contributed by atoms with E-state index in [0.717, 1.165) is 18.3 Å². The van der Waals surface area contributed by atoms with Crippen LogP contribution in [0.5, 0.6) is 17.2 Å². The van der Waals surface area contributed by atoms with Crippen molar-refractivity contribution in [1.82, 2.24) is 0 Å². The van der Waals surface area contributed by atoms with Gasteiger partial charge in [0.05, 0.1) is 6.61 Å². The molecule has 1 aromatic rings. The van der Waals surface area contributed by atoms with Crippen molar-refractivity contribution in [1.29, 1.82) is 0 Å². The Balaban J connectivity index is 2.29. The van der Waals surface area contributed by atoms with E-state index in [1.165, 1.54) is 0 Å². The Labute approximate surface area is 80.4 Å². The van der Waals surface area contributed by atoms with Gasteiger partial charge in [-0.1, -0.05) is 0 Å². The lowest BCUT2D eigenvalue weighted by molar-refractivity contribution is 0.111. The predicted molar refractivity (Wildman–Crippen MR) is 47.2 cm³/mol. The molecule has 2 heterocycles. The molecule has 4 heteroatoms. The first-order chi connectivity index (χ1) is 6.90. The van der Waals surface area contributed by atoms with Crippen LogP contribution in [-0.4, -0.2) is 19.7 Å². The number of fused-ring (bicyclic) bond motifs is 2. The number of benzene rings is 1. The fourth-order valence-electron chi connectivity index (χ4n) is 1.83. The molecule has 0 amide bonds. The average molecular weight is 192 g/mol. The van der Waals surface area contributed by atoms with Gasteiger partial charge in [-0.25, -0.2) is 0 Å². The highest BCUT2D eigenvalue weighted by atomic mass is 16.7. The molecule has 3 rings (SSSR count). The predicted octanol–water partition coefficient (Wildman–Crippen LogP) is 1.16. The molecule has 0 saturated carbocycles. The molecule has 14 heavy (non-hydrogen) atoms. The maximum Gasteiger partial charge on any atom is 0.231 e. The van der Waals surface area contributed by atoms with Crippen molar-refractivity contribution in [3.8, 4) is 17.2 Å². The van der Waals surface area contributed by atoms with E-state index in [0.29, 0.717) is 29.4 Å². The molecule has 0 unspecified atom stereocenters. The minimum atomic E-state index is 0.180. The molecule has 0 radical (unpaired) electrons. The molecule has 2 aliphatic heterocycles. The maximum atomic E-state index is 10.9. The van der Waals surface area contributed by atoms with Crippen LogP contribution in [0.3, 0.4) is 0 Å². The first-order valence-corrected chi connectivity index (χ1v) is 4.43. The third-order valence-electron chi connectivity index (χ3n) is 2.46. The van der Waals surface area contributed by atoms with E-state index in [1.807, 2.05) is 6.07 Å². The molecule has 0 N–H and O–H groups in total. The quantitative estimate of drug-likeness (QED) is 0.626. The number of carbonyl (C=O) groups excluding carboxylic acids is 1. The number of hydrogen-bond donors (Lipinski definition) is 0. The third kappa shape index (κ3) is 0.852. The third-order valence-corrected chi connectivity index (χ3v) is 2.46. The van der Waals surface area contributed by atoms with Crippen LogP contribution in [0.4, 0.5) is 0 Å². The van der Waals surface area contributed by atoms with Gasteiger partial charge in [-0.3, -0.25) is 4.79 Å². The van der Waals surface area contributed by atoms with Gasteiger partial charge in [-0.2, -0.15) is 0 Å². The largest absolute Gasteiger partial charge is 0.492 e. The number of rotatable bonds is 1. The number of ether oxygens (including phenoxy) is 3. The summed E-state index contributed by atoms with van der Waals surface area (Å²) < 4.78 is 15.8. The van der Waals surface area contributed by atoms with Crippen molar-refractivity contribution in [3.05, 3.63) is 17.2 Å². The first kappa shape index (κ1) is 7.67. The van der Waals surface area contributed by atoms with Crippen LogP contribution in [0, 0.1) is 0 Å².